The van der Waals surface area contributed by atoms with Crippen LogP contribution in [0.4, 0.5) is 17.6 Å². The van der Waals surface area contributed by atoms with Crippen LogP contribution in [0.1, 0.15) is 18.7 Å². The van der Waals surface area contributed by atoms with E-state index in [0.717, 1.165) is 18.2 Å². The predicted molar refractivity (Wildman–Crippen MR) is 105 cm³/mol. The Morgan fingerprint density at radius 3 is 2.45 bits per heavy atom. The summed E-state index contributed by atoms with van der Waals surface area (Å²) in [5.74, 6) is -0.911. The van der Waals surface area contributed by atoms with Gasteiger partial charge in [-0.1, -0.05) is 6.58 Å². The number of aliphatic hydroxyl groups excluding tert-OH is 1. The third-order valence-electron chi connectivity index (χ3n) is 3.56. The maximum Gasteiger partial charge on any atom is 0.420 e. The van der Waals surface area contributed by atoms with Gasteiger partial charge in [-0.2, -0.15) is 13.2 Å². The summed E-state index contributed by atoms with van der Waals surface area (Å²) in [6.45, 7) is 4.75. The van der Waals surface area contributed by atoms with Crippen molar-refractivity contribution in [2.45, 2.75) is 19.2 Å². The molecule has 0 aliphatic carbocycles. The van der Waals surface area contributed by atoms with Gasteiger partial charge < -0.3 is 14.6 Å². The van der Waals surface area contributed by atoms with E-state index in [0.29, 0.717) is 11.1 Å². The molecule has 1 unspecified atom stereocenters. The largest absolute Gasteiger partial charge is 0.486 e. The average Bonchev–Trinajstić information content (AvgIpc) is 2.64. The van der Waals surface area contributed by atoms with Crippen molar-refractivity contribution in [3.8, 4) is 17.0 Å². The van der Waals surface area contributed by atoms with E-state index in [1.807, 2.05) is 0 Å². The standard InChI is InChI=1S/C19H16F4INO4/c1-10(8-28-11(2)26)9-29-17-14(24)7-15(18(27)19(21,22)23)25-16(17)12-3-5-13(20)6-4-12/h3-7,18,27H,1,8-9H2,2H3. The molecule has 29 heavy (non-hydrogen) atoms. The lowest BCUT2D eigenvalue weighted by Crippen LogP contribution is -2.22. The SMILES string of the molecule is C=C(COC(C)=O)COc1c(I)cc(C(O)C(F)(F)F)nc1-c1ccc(F)cc1. The number of aromatic nitrogens is 1. The second-order valence-corrected chi connectivity index (χ2v) is 7.14. The number of esters is 1. The van der Waals surface area contributed by atoms with Gasteiger partial charge in [0, 0.05) is 12.5 Å². The number of pyridine rings is 1. The molecule has 2 aromatic rings. The second-order valence-electron chi connectivity index (χ2n) is 5.98. The molecule has 1 aromatic heterocycles. The lowest BCUT2D eigenvalue weighted by Gasteiger charge is -2.19. The predicted octanol–water partition coefficient (Wildman–Crippen LogP) is 4.59. The number of rotatable bonds is 7. The van der Waals surface area contributed by atoms with E-state index in [-0.39, 0.29) is 28.2 Å². The number of carbonyl (C=O) groups is 1. The van der Waals surface area contributed by atoms with Crippen LogP contribution in [0.5, 0.6) is 5.75 Å². The lowest BCUT2D eigenvalue weighted by molar-refractivity contribution is -0.207. The Bertz CT molecular complexity index is 900. The molecule has 10 heteroatoms. The van der Waals surface area contributed by atoms with E-state index in [2.05, 4.69) is 11.6 Å². The van der Waals surface area contributed by atoms with Gasteiger partial charge in [0.05, 0.1) is 9.26 Å². The van der Waals surface area contributed by atoms with Crippen LogP contribution in [-0.4, -0.2) is 35.4 Å². The van der Waals surface area contributed by atoms with E-state index >= 15 is 0 Å². The first-order valence-electron chi connectivity index (χ1n) is 8.13. The van der Waals surface area contributed by atoms with Gasteiger partial charge in [0.15, 0.2) is 11.9 Å². The van der Waals surface area contributed by atoms with Gasteiger partial charge in [0.2, 0.25) is 0 Å². The van der Waals surface area contributed by atoms with E-state index in [1.54, 1.807) is 22.6 Å². The Balaban J connectivity index is 2.42. The normalized spacial score (nSPS) is 12.4. The summed E-state index contributed by atoms with van der Waals surface area (Å²) in [5, 5.41) is 9.57. The van der Waals surface area contributed by atoms with E-state index in [9.17, 15) is 27.5 Å². The van der Waals surface area contributed by atoms with E-state index < -0.39 is 29.8 Å². The smallest absolute Gasteiger partial charge is 0.420 e. The maximum absolute atomic E-state index is 13.3. The van der Waals surface area contributed by atoms with Crippen molar-refractivity contribution in [1.82, 2.24) is 4.98 Å². The first-order valence-corrected chi connectivity index (χ1v) is 9.21. The van der Waals surface area contributed by atoms with Crippen LogP contribution in [0.25, 0.3) is 11.3 Å². The quantitative estimate of drug-likeness (QED) is 0.248. The van der Waals surface area contributed by atoms with Gasteiger partial charge in [0.25, 0.3) is 0 Å². The highest BCUT2D eigenvalue weighted by atomic mass is 127. The Morgan fingerprint density at radius 2 is 1.90 bits per heavy atom. The minimum atomic E-state index is -4.91. The molecule has 1 heterocycles. The van der Waals surface area contributed by atoms with Gasteiger partial charge in [0.1, 0.15) is 24.7 Å². The summed E-state index contributed by atoms with van der Waals surface area (Å²) in [5.41, 5.74) is 0.0735. The summed E-state index contributed by atoms with van der Waals surface area (Å²) >= 11 is 1.75. The van der Waals surface area contributed by atoms with Crippen molar-refractivity contribution >= 4 is 28.6 Å². The topological polar surface area (TPSA) is 68.7 Å². The van der Waals surface area contributed by atoms with Crippen molar-refractivity contribution in [3.63, 3.8) is 0 Å². The van der Waals surface area contributed by atoms with Crippen molar-refractivity contribution in [3.05, 3.63) is 57.6 Å². The summed E-state index contributed by atoms with van der Waals surface area (Å²) in [6, 6.07) is 5.96. The van der Waals surface area contributed by atoms with Crippen molar-refractivity contribution in [2.24, 2.45) is 0 Å². The molecule has 1 atom stereocenters. The molecule has 0 bridgehead atoms. The van der Waals surface area contributed by atoms with Gasteiger partial charge in [-0.25, -0.2) is 9.37 Å². The number of benzene rings is 1. The molecule has 0 fully saturated rings. The summed E-state index contributed by atoms with van der Waals surface area (Å²) in [4.78, 5) is 14.8. The monoisotopic (exact) mass is 525 g/mol. The first kappa shape index (κ1) is 23.1. The molecule has 0 radical (unpaired) electrons. The zero-order chi connectivity index (χ0) is 21.8. The molecule has 0 spiro atoms. The van der Waals surface area contributed by atoms with E-state index in [1.165, 1.54) is 19.1 Å². The molecular formula is C19H16F4INO4. The third-order valence-corrected chi connectivity index (χ3v) is 4.36. The number of alkyl halides is 3. The highest BCUT2D eigenvalue weighted by molar-refractivity contribution is 14.1. The number of ether oxygens (including phenoxy) is 2. The summed E-state index contributed by atoms with van der Waals surface area (Å²) in [6.07, 6.45) is -7.69. The van der Waals surface area contributed by atoms with Crippen LogP contribution in [0.15, 0.2) is 42.5 Å². The molecule has 156 valence electrons. The minimum Gasteiger partial charge on any atom is -0.486 e. The van der Waals surface area contributed by atoms with Crippen molar-refractivity contribution in [2.75, 3.05) is 13.2 Å². The third kappa shape index (κ3) is 6.39. The number of nitrogens with zero attached hydrogens (tertiary/aromatic N) is 1. The fourth-order valence-corrected chi connectivity index (χ4v) is 2.92. The van der Waals surface area contributed by atoms with Crippen LogP contribution in [0.3, 0.4) is 0 Å². The number of hydrogen-bond donors (Lipinski definition) is 1. The fraction of sp³-hybridized carbons (Fsp3) is 0.263. The van der Waals surface area contributed by atoms with Gasteiger partial charge >= 0.3 is 12.1 Å². The molecule has 0 saturated carbocycles. The number of carbonyl (C=O) groups excluding carboxylic acids is 1. The van der Waals surface area contributed by atoms with Crippen LogP contribution in [-0.2, 0) is 9.53 Å². The first-order chi connectivity index (χ1) is 13.5. The maximum atomic E-state index is 13.3. The molecule has 0 aliphatic heterocycles. The lowest BCUT2D eigenvalue weighted by atomic mass is 10.1. The molecule has 1 aromatic carbocycles. The van der Waals surface area contributed by atoms with Crippen LogP contribution in [0, 0.1) is 9.39 Å². The van der Waals surface area contributed by atoms with E-state index in [4.69, 9.17) is 9.47 Å². The zero-order valence-corrected chi connectivity index (χ0v) is 17.3. The van der Waals surface area contributed by atoms with Crippen LogP contribution >= 0.6 is 22.6 Å². The summed E-state index contributed by atoms with van der Waals surface area (Å²) < 4.78 is 62.7. The Hall–Kier alpha value is -2.21. The molecule has 0 saturated heterocycles. The number of aliphatic hydroxyl groups is 1. The number of halogens is 5. The highest BCUT2D eigenvalue weighted by Gasteiger charge is 2.41. The van der Waals surface area contributed by atoms with Crippen molar-refractivity contribution < 1.29 is 36.9 Å². The molecule has 1 N–H and O–H groups in total. The van der Waals surface area contributed by atoms with Gasteiger partial charge in [-0.3, -0.25) is 4.79 Å². The minimum absolute atomic E-state index is 0.00418. The molecular weight excluding hydrogens is 509 g/mol. The van der Waals surface area contributed by atoms with Gasteiger partial charge in [-0.05, 0) is 58.5 Å². The van der Waals surface area contributed by atoms with Crippen LogP contribution in [0.2, 0.25) is 0 Å². The average molecular weight is 525 g/mol. The molecule has 0 amide bonds. The Morgan fingerprint density at radius 1 is 1.28 bits per heavy atom. The van der Waals surface area contributed by atoms with Gasteiger partial charge in [-0.15, -0.1) is 0 Å². The number of hydrogen-bond acceptors (Lipinski definition) is 5. The molecule has 0 aliphatic rings. The zero-order valence-electron chi connectivity index (χ0n) is 15.1. The fourth-order valence-electron chi connectivity index (χ4n) is 2.19. The highest BCUT2D eigenvalue weighted by Crippen LogP contribution is 2.38. The Kier molecular flexibility index (Phi) is 7.58. The summed E-state index contributed by atoms with van der Waals surface area (Å²) in [7, 11) is 0. The van der Waals surface area contributed by atoms with Crippen LogP contribution < -0.4 is 4.74 Å². The molecule has 5 nitrogen and oxygen atoms in total. The molecule has 2 rings (SSSR count). The Labute approximate surface area is 177 Å². The van der Waals surface area contributed by atoms with Crippen molar-refractivity contribution in [1.29, 1.82) is 0 Å². The second kappa shape index (κ2) is 9.53.